The third-order valence-corrected chi connectivity index (χ3v) is 12.9. The van der Waals surface area contributed by atoms with Crippen LogP contribution in [-0.4, -0.2) is 117 Å². The van der Waals surface area contributed by atoms with Crippen LogP contribution in [0.5, 0.6) is 5.75 Å². The van der Waals surface area contributed by atoms with Gasteiger partial charge in [0.05, 0.1) is 29.9 Å². The van der Waals surface area contributed by atoms with Gasteiger partial charge in [-0.25, -0.2) is 24.0 Å². The number of piperidine rings is 1. The van der Waals surface area contributed by atoms with Gasteiger partial charge in [-0.2, -0.15) is 5.10 Å². The van der Waals surface area contributed by atoms with Gasteiger partial charge in [-0.15, -0.1) is 0 Å². The number of ether oxygens (including phenoxy) is 1. The monoisotopic (exact) mass is 878 g/mol. The van der Waals surface area contributed by atoms with Gasteiger partial charge in [0.25, 0.3) is 11.8 Å². The summed E-state index contributed by atoms with van der Waals surface area (Å²) < 4.78 is 20.8. The number of anilines is 3. The fraction of sp³-hybridized carbons (Fsp3) is 0.319. The number of carbonyl (C=O) groups is 4. The highest BCUT2D eigenvalue weighted by Crippen LogP contribution is 2.34. The van der Waals surface area contributed by atoms with Crippen molar-refractivity contribution in [3.8, 4) is 22.7 Å². The molecule has 0 radical (unpaired) electrons. The van der Waals surface area contributed by atoms with Crippen molar-refractivity contribution in [1.29, 1.82) is 0 Å². The number of halogens is 1. The van der Waals surface area contributed by atoms with Gasteiger partial charge >= 0.3 is 0 Å². The van der Waals surface area contributed by atoms with Crippen LogP contribution in [-0.2, 0) is 22.7 Å². The summed E-state index contributed by atoms with van der Waals surface area (Å²) in [6, 6.07) is 20.7. The summed E-state index contributed by atoms with van der Waals surface area (Å²) in [7, 11) is 1.43. The number of hydrogen-bond acceptors (Lipinski definition) is 13. The smallest absolute Gasteiger partial charge is 0.255 e. The largest absolute Gasteiger partial charge is 0.496 e. The van der Waals surface area contributed by atoms with Gasteiger partial charge in [0.2, 0.25) is 11.8 Å². The third kappa shape index (κ3) is 8.16. The first-order chi connectivity index (χ1) is 31.6. The third-order valence-electron chi connectivity index (χ3n) is 12.9. The van der Waals surface area contributed by atoms with Gasteiger partial charge in [-0.1, -0.05) is 24.3 Å². The normalized spacial score (nSPS) is 18.9. The standard InChI is InChI=1S/C47H47FN12O5/c1-65-38-11-6-32(48)21-36(38)45(62)51-22-28-2-4-30(5-3-28)42-41-43(49)52-27-53-44(41)60(55-42)34-8-12-39(50-23-34)58-15-14-29(25-58)24-56-16-18-57(19-17-56)33-7-9-35-31(20-33)26-59(47(35)64)37-10-13-40(61)54-46(37)63/h2-9,11-12,20-21,23,27,29,37H,10,13-19,22,24-26H2,1H3,(H,51,62)(H2,49,52,53)(H,54,61,63)/t29-,37+/m1/s1. The Labute approximate surface area is 373 Å². The molecule has 3 aromatic carbocycles. The lowest BCUT2D eigenvalue weighted by molar-refractivity contribution is -0.136. The molecule has 4 amide bonds. The van der Waals surface area contributed by atoms with E-state index in [-0.39, 0.29) is 36.1 Å². The molecule has 4 aliphatic heterocycles. The summed E-state index contributed by atoms with van der Waals surface area (Å²) >= 11 is 0. The lowest BCUT2D eigenvalue weighted by atomic mass is 10.0. The van der Waals surface area contributed by atoms with E-state index in [1.165, 1.54) is 25.6 Å². The van der Waals surface area contributed by atoms with Crippen molar-refractivity contribution in [2.24, 2.45) is 5.92 Å². The Kier molecular flexibility index (Phi) is 11.0. The van der Waals surface area contributed by atoms with E-state index in [9.17, 15) is 23.6 Å². The first kappa shape index (κ1) is 41.5. The number of fused-ring (bicyclic) bond motifs is 2. The lowest BCUT2D eigenvalue weighted by Gasteiger charge is -2.37. The number of benzene rings is 3. The topological polar surface area (TPSA) is 197 Å². The molecule has 6 aromatic rings. The van der Waals surface area contributed by atoms with E-state index in [0.29, 0.717) is 47.0 Å². The number of nitrogens with two attached hydrogens (primary N) is 1. The second-order valence-electron chi connectivity index (χ2n) is 16.9. The zero-order chi connectivity index (χ0) is 44.8. The van der Waals surface area contributed by atoms with E-state index < -0.39 is 23.7 Å². The SMILES string of the molecule is COc1ccc(F)cc1C(=O)NCc1ccc(-c2nn(-c3ccc(N4CC[C@H](CN5CCN(c6ccc7c(c6)CN([C@H]6CCC(=O)NC6=O)C7=O)CC5)C4)nc3)c3ncnc(N)c23)cc1. The number of imide groups is 1. The molecule has 2 atom stereocenters. The minimum Gasteiger partial charge on any atom is -0.496 e. The molecule has 18 heteroatoms. The van der Waals surface area contributed by atoms with Gasteiger partial charge in [-0.3, -0.25) is 29.4 Å². The van der Waals surface area contributed by atoms with Crippen LogP contribution >= 0.6 is 0 Å². The Morgan fingerprint density at radius 1 is 0.908 bits per heavy atom. The Morgan fingerprint density at radius 3 is 2.49 bits per heavy atom. The highest BCUT2D eigenvalue weighted by Gasteiger charge is 2.39. The molecular weight excluding hydrogens is 832 g/mol. The van der Waals surface area contributed by atoms with E-state index in [1.807, 2.05) is 48.5 Å². The van der Waals surface area contributed by atoms with Crippen molar-refractivity contribution < 1.29 is 28.3 Å². The Hall–Kier alpha value is -7.47. The second-order valence-corrected chi connectivity index (χ2v) is 16.9. The molecule has 0 saturated carbocycles. The number of hydrogen-bond donors (Lipinski definition) is 3. The molecule has 7 heterocycles. The molecule has 3 aromatic heterocycles. The summed E-state index contributed by atoms with van der Waals surface area (Å²) in [5.74, 6) is 0.171. The van der Waals surface area contributed by atoms with Crippen LogP contribution in [0.1, 0.15) is 51.1 Å². The van der Waals surface area contributed by atoms with Gasteiger partial charge in [0.1, 0.15) is 41.3 Å². The first-order valence-electron chi connectivity index (χ1n) is 21.8. The van der Waals surface area contributed by atoms with Crippen molar-refractivity contribution in [3.63, 3.8) is 0 Å². The molecule has 0 unspecified atom stereocenters. The van der Waals surface area contributed by atoms with Crippen LogP contribution < -0.4 is 30.9 Å². The van der Waals surface area contributed by atoms with Gasteiger partial charge in [0.15, 0.2) is 5.65 Å². The molecule has 332 valence electrons. The van der Waals surface area contributed by atoms with Crippen molar-refractivity contribution >= 4 is 52.0 Å². The molecule has 0 spiro atoms. The number of piperazine rings is 1. The number of aromatic nitrogens is 5. The number of carbonyl (C=O) groups excluding carboxylic acids is 4. The highest BCUT2D eigenvalue weighted by molar-refractivity contribution is 6.05. The number of nitrogens with one attached hydrogen (secondary N) is 2. The predicted octanol–water partition coefficient (Wildman–Crippen LogP) is 3.95. The average molecular weight is 879 g/mol. The molecular formula is C47H47FN12O5. The zero-order valence-corrected chi connectivity index (χ0v) is 35.7. The van der Waals surface area contributed by atoms with Crippen LogP contribution in [0, 0.1) is 11.7 Å². The molecule has 3 fully saturated rings. The summed E-state index contributed by atoms with van der Waals surface area (Å²) in [6.45, 7) is 7.05. The zero-order valence-electron chi connectivity index (χ0n) is 35.7. The fourth-order valence-electron chi connectivity index (χ4n) is 9.46. The molecule has 0 aliphatic carbocycles. The molecule has 10 rings (SSSR count). The van der Waals surface area contributed by atoms with E-state index >= 15 is 0 Å². The quantitative estimate of drug-likeness (QED) is 0.159. The van der Waals surface area contributed by atoms with E-state index in [1.54, 1.807) is 15.8 Å². The number of amides is 4. The van der Waals surface area contributed by atoms with Crippen LogP contribution in [0.3, 0.4) is 0 Å². The Bertz CT molecular complexity index is 2830. The Morgan fingerprint density at radius 2 is 1.72 bits per heavy atom. The minimum absolute atomic E-state index is 0.116. The van der Waals surface area contributed by atoms with Gasteiger partial charge in [-0.05, 0) is 78.4 Å². The first-order valence-corrected chi connectivity index (χ1v) is 21.8. The predicted molar refractivity (Wildman–Crippen MR) is 240 cm³/mol. The lowest BCUT2D eigenvalue weighted by Crippen LogP contribution is -2.52. The van der Waals surface area contributed by atoms with Crippen LogP contribution in [0.15, 0.2) is 85.3 Å². The Balaban J connectivity index is 0.744. The summed E-state index contributed by atoms with van der Waals surface area (Å²) in [5.41, 5.74) is 12.7. The summed E-state index contributed by atoms with van der Waals surface area (Å²) in [5, 5.41) is 10.8. The summed E-state index contributed by atoms with van der Waals surface area (Å²) in [6.07, 6.45) is 4.88. The minimum atomic E-state index is -0.620. The van der Waals surface area contributed by atoms with Crippen LogP contribution in [0.25, 0.3) is 28.0 Å². The second kappa shape index (κ2) is 17.2. The van der Waals surface area contributed by atoms with Crippen molar-refractivity contribution in [2.45, 2.75) is 38.4 Å². The van der Waals surface area contributed by atoms with E-state index in [2.05, 4.69) is 41.4 Å². The van der Waals surface area contributed by atoms with Gasteiger partial charge < -0.3 is 30.5 Å². The van der Waals surface area contributed by atoms with Crippen LogP contribution in [0.2, 0.25) is 0 Å². The maximum absolute atomic E-state index is 13.9. The highest BCUT2D eigenvalue weighted by atomic mass is 19.1. The maximum atomic E-state index is 13.9. The van der Waals surface area contributed by atoms with Gasteiger partial charge in [0, 0.05) is 82.1 Å². The number of nitrogen functional groups attached to an aromatic ring is 1. The van der Waals surface area contributed by atoms with Crippen LogP contribution in [0.4, 0.5) is 21.7 Å². The fourth-order valence-corrected chi connectivity index (χ4v) is 9.46. The number of rotatable bonds is 11. The number of nitrogens with zero attached hydrogens (tertiary/aromatic N) is 9. The molecule has 65 heavy (non-hydrogen) atoms. The molecule has 4 aliphatic rings. The number of methoxy groups -OCH3 is 1. The molecule has 17 nitrogen and oxygen atoms in total. The molecule has 3 saturated heterocycles. The maximum Gasteiger partial charge on any atom is 0.255 e. The number of pyridine rings is 1. The van der Waals surface area contributed by atoms with Crippen molar-refractivity contribution in [2.75, 3.05) is 68.5 Å². The van der Waals surface area contributed by atoms with Crippen molar-refractivity contribution in [1.82, 2.24) is 45.2 Å². The van der Waals surface area contributed by atoms with E-state index in [0.717, 1.165) is 92.2 Å². The van der Waals surface area contributed by atoms with Crippen molar-refractivity contribution in [3.05, 3.63) is 113 Å². The molecule has 4 N–H and O–H groups in total. The average Bonchev–Trinajstić information content (AvgIpc) is 4.05. The summed E-state index contributed by atoms with van der Waals surface area (Å²) in [4.78, 5) is 72.7. The molecule has 0 bridgehead atoms. The van der Waals surface area contributed by atoms with E-state index in [4.69, 9.17) is 20.6 Å².